The Kier molecular flexibility index (Phi) is 2.65. The molecule has 3 rings (SSSR count). The van der Waals surface area contributed by atoms with Gasteiger partial charge in [-0.2, -0.15) is 0 Å². The molecule has 1 amide bonds. The zero-order chi connectivity index (χ0) is 12.7. The number of nitrogen functional groups attached to an aromatic ring is 1. The van der Waals surface area contributed by atoms with Crippen molar-refractivity contribution in [3.8, 4) is 5.75 Å². The lowest BCUT2D eigenvalue weighted by molar-refractivity contribution is -0.125. The van der Waals surface area contributed by atoms with Crippen molar-refractivity contribution in [2.75, 3.05) is 5.73 Å². The molecule has 2 fully saturated rings. The molecule has 4 nitrogen and oxygen atoms in total. The maximum atomic E-state index is 12.0. The largest absolute Gasteiger partial charge is 0.508 e. The number of benzene rings is 1. The summed E-state index contributed by atoms with van der Waals surface area (Å²) in [5, 5.41) is 12.6. The molecule has 2 atom stereocenters. The van der Waals surface area contributed by atoms with Gasteiger partial charge in [-0.25, -0.2) is 0 Å². The minimum Gasteiger partial charge on any atom is -0.508 e. The van der Waals surface area contributed by atoms with Crippen LogP contribution in [0.1, 0.15) is 24.8 Å². The Morgan fingerprint density at radius 3 is 2.78 bits per heavy atom. The molecule has 2 aliphatic carbocycles. The van der Waals surface area contributed by atoms with Crippen molar-refractivity contribution in [3.05, 3.63) is 23.8 Å². The number of phenolic OH excluding ortho intramolecular Hbond substituents is 1. The normalized spacial score (nSPS) is 28.8. The average Bonchev–Trinajstić information content (AvgIpc) is 2.97. The number of rotatable bonds is 3. The molecule has 18 heavy (non-hydrogen) atoms. The first-order chi connectivity index (χ1) is 8.63. The van der Waals surface area contributed by atoms with E-state index in [0.29, 0.717) is 17.8 Å². The highest BCUT2D eigenvalue weighted by Gasteiger charge is 2.47. The number of amides is 1. The molecule has 4 N–H and O–H groups in total. The fraction of sp³-hybridized carbons (Fsp3) is 0.500. The fourth-order valence-electron chi connectivity index (χ4n) is 3.00. The number of aromatic hydroxyl groups is 1. The van der Waals surface area contributed by atoms with Crippen LogP contribution in [0.2, 0.25) is 0 Å². The molecule has 0 heterocycles. The minimum absolute atomic E-state index is 0.115. The molecule has 2 unspecified atom stereocenters. The summed E-state index contributed by atoms with van der Waals surface area (Å²) >= 11 is 0. The molecule has 4 heteroatoms. The summed E-state index contributed by atoms with van der Waals surface area (Å²) in [7, 11) is 0. The van der Waals surface area contributed by atoms with Gasteiger partial charge in [0.2, 0.25) is 5.91 Å². The van der Waals surface area contributed by atoms with Crippen LogP contribution in [-0.4, -0.2) is 11.0 Å². The average molecular weight is 246 g/mol. The summed E-state index contributed by atoms with van der Waals surface area (Å²) in [5.74, 6) is 2.09. The third kappa shape index (κ3) is 2.15. The summed E-state index contributed by atoms with van der Waals surface area (Å²) < 4.78 is 0. The van der Waals surface area contributed by atoms with E-state index >= 15 is 0 Å². The standard InChI is InChI=1S/C14H18N2O2/c15-12-1-2-13(17)11(6-12)7-16-14(18)10-4-8-3-9(8)5-10/h1-2,6,8-10,17H,3-5,7,15H2,(H,16,18). The second-order valence-electron chi connectivity index (χ2n) is 5.53. The van der Waals surface area contributed by atoms with Crippen LogP contribution in [0.25, 0.3) is 0 Å². The Balaban J connectivity index is 1.57. The van der Waals surface area contributed by atoms with Crippen molar-refractivity contribution in [1.29, 1.82) is 0 Å². The highest BCUT2D eigenvalue weighted by Crippen LogP contribution is 2.54. The predicted octanol–water partition coefficient (Wildman–Crippen LogP) is 1.64. The maximum absolute atomic E-state index is 12.0. The number of hydrogen-bond donors (Lipinski definition) is 3. The van der Waals surface area contributed by atoms with E-state index in [-0.39, 0.29) is 17.6 Å². The van der Waals surface area contributed by atoms with Gasteiger partial charge in [-0.05, 0) is 49.3 Å². The Morgan fingerprint density at radius 2 is 2.06 bits per heavy atom. The molecule has 0 radical (unpaired) electrons. The monoisotopic (exact) mass is 246 g/mol. The van der Waals surface area contributed by atoms with E-state index < -0.39 is 0 Å². The molecule has 96 valence electrons. The van der Waals surface area contributed by atoms with Gasteiger partial charge in [-0.15, -0.1) is 0 Å². The van der Waals surface area contributed by atoms with E-state index in [9.17, 15) is 9.90 Å². The smallest absolute Gasteiger partial charge is 0.223 e. The lowest BCUT2D eigenvalue weighted by Gasteiger charge is -2.13. The van der Waals surface area contributed by atoms with Crippen molar-refractivity contribution in [2.24, 2.45) is 17.8 Å². The fourth-order valence-corrected chi connectivity index (χ4v) is 3.00. The molecule has 1 aromatic carbocycles. The van der Waals surface area contributed by atoms with Gasteiger partial charge in [0.15, 0.2) is 0 Å². The van der Waals surface area contributed by atoms with Crippen molar-refractivity contribution in [1.82, 2.24) is 5.32 Å². The predicted molar refractivity (Wildman–Crippen MR) is 68.7 cm³/mol. The number of phenols is 1. The third-order valence-corrected chi connectivity index (χ3v) is 4.17. The molecule has 2 aliphatic rings. The van der Waals surface area contributed by atoms with Gasteiger partial charge in [-0.1, -0.05) is 0 Å². The Morgan fingerprint density at radius 1 is 1.33 bits per heavy atom. The number of nitrogens with one attached hydrogen (secondary N) is 1. The van der Waals surface area contributed by atoms with E-state index in [0.717, 1.165) is 24.7 Å². The molecule has 1 aromatic rings. The second kappa shape index (κ2) is 4.19. The van der Waals surface area contributed by atoms with Crippen LogP contribution in [0.5, 0.6) is 5.75 Å². The van der Waals surface area contributed by atoms with Gasteiger partial charge in [0.1, 0.15) is 5.75 Å². The lowest BCUT2D eigenvalue weighted by atomic mass is 10.0. The Bertz CT molecular complexity index is 477. The van der Waals surface area contributed by atoms with Crippen LogP contribution >= 0.6 is 0 Å². The van der Waals surface area contributed by atoms with Gasteiger partial charge in [0, 0.05) is 23.7 Å². The first-order valence-electron chi connectivity index (χ1n) is 6.48. The summed E-state index contributed by atoms with van der Waals surface area (Å²) in [6, 6.07) is 4.90. The number of nitrogens with two attached hydrogens (primary N) is 1. The Labute approximate surface area is 106 Å². The molecule has 2 saturated carbocycles. The van der Waals surface area contributed by atoms with Gasteiger partial charge >= 0.3 is 0 Å². The van der Waals surface area contributed by atoms with Crippen LogP contribution in [-0.2, 0) is 11.3 Å². The number of fused-ring (bicyclic) bond motifs is 1. The molecular weight excluding hydrogens is 228 g/mol. The molecular formula is C14H18N2O2. The molecule has 0 aliphatic heterocycles. The minimum atomic E-state index is 0.115. The van der Waals surface area contributed by atoms with Crippen LogP contribution in [0, 0.1) is 17.8 Å². The Hall–Kier alpha value is -1.71. The zero-order valence-corrected chi connectivity index (χ0v) is 10.2. The van der Waals surface area contributed by atoms with E-state index in [1.54, 1.807) is 18.2 Å². The lowest BCUT2D eigenvalue weighted by Crippen LogP contribution is -2.29. The van der Waals surface area contributed by atoms with Crippen molar-refractivity contribution < 1.29 is 9.90 Å². The van der Waals surface area contributed by atoms with E-state index in [4.69, 9.17) is 5.73 Å². The summed E-state index contributed by atoms with van der Waals surface area (Å²) in [6.07, 6.45) is 3.40. The van der Waals surface area contributed by atoms with Gasteiger partial charge < -0.3 is 16.2 Å². The van der Waals surface area contributed by atoms with E-state index in [1.165, 1.54) is 6.42 Å². The van der Waals surface area contributed by atoms with Crippen molar-refractivity contribution in [3.63, 3.8) is 0 Å². The quantitative estimate of drug-likeness (QED) is 0.560. The number of carbonyl (C=O) groups is 1. The molecule has 0 bridgehead atoms. The van der Waals surface area contributed by atoms with Crippen molar-refractivity contribution >= 4 is 11.6 Å². The van der Waals surface area contributed by atoms with Crippen LogP contribution in [0.15, 0.2) is 18.2 Å². The molecule has 0 aromatic heterocycles. The number of anilines is 1. The number of hydrogen-bond acceptors (Lipinski definition) is 3. The van der Waals surface area contributed by atoms with Gasteiger partial charge in [-0.3, -0.25) is 4.79 Å². The maximum Gasteiger partial charge on any atom is 0.223 e. The van der Waals surface area contributed by atoms with Crippen LogP contribution < -0.4 is 11.1 Å². The zero-order valence-electron chi connectivity index (χ0n) is 10.2. The summed E-state index contributed by atoms with van der Waals surface area (Å²) in [4.78, 5) is 12.0. The second-order valence-corrected chi connectivity index (χ2v) is 5.53. The van der Waals surface area contributed by atoms with Gasteiger partial charge in [0.25, 0.3) is 0 Å². The molecule has 0 saturated heterocycles. The van der Waals surface area contributed by atoms with Crippen LogP contribution in [0.3, 0.4) is 0 Å². The molecule has 0 spiro atoms. The topological polar surface area (TPSA) is 75.3 Å². The van der Waals surface area contributed by atoms with Crippen LogP contribution in [0.4, 0.5) is 5.69 Å². The first kappa shape index (κ1) is 11.4. The summed E-state index contributed by atoms with van der Waals surface area (Å²) in [6.45, 7) is 0.349. The van der Waals surface area contributed by atoms with E-state index in [2.05, 4.69) is 5.32 Å². The van der Waals surface area contributed by atoms with Gasteiger partial charge in [0.05, 0.1) is 0 Å². The SMILES string of the molecule is Nc1ccc(O)c(CNC(=O)C2CC3CC3C2)c1. The highest BCUT2D eigenvalue weighted by atomic mass is 16.3. The third-order valence-electron chi connectivity index (χ3n) is 4.17. The van der Waals surface area contributed by atoms with Crippen molar-refractivity contribution in [2.45, 2.75) is 25.8 Å². The van der Waals surface area contributed by atoms with E-state index in [1.807, 2.05) is 0 Å². The first-order valence-corrected chi connectivity index (χ1v) is 6.48. The summed E-state index contributed by atoms with van der Waals surface area (Å²) in [5.41, 5.74) is 6.93. The highest BCUT2D eigenvalue weighted by molar-refractivity contribution is 5.79. The number of carbonyl (C=O) groups excluding carboxylic acids is 1.